The van der Waals surface area contributed by atoms with Gasteiger partial charge in [-0.25, -0.2) is 9.59 Å². The number of anilines is 2. The Morgan fingerprint density at radius 3 is 1.82 bits per heavy atom. The summed E-state index contributed by atoms with van der Waals surface area (Å²) in [6, 6.07) is 30.2. The number of urea groups is 2. The summed E-state index contributed by atoms with van der Waals surface area (Å²) in [5.41, 5.74) is 15.9. The van der Waals surface area contributed by atoms with Gasteiger partial charge < -0.3 is 30.3 Å². The zero-order valence-electron chi connectivity index (χ0n) is 39.7. The Labute approximate surface area is 430 Å². The van der Waals surface area contributed by atoms with Crippen LogP contribution < -0.4 is 20.9 Å². The highest BCUT2D eigenvalue weighted by atomic mass is 35.5. The number of rotatable bonds is 4. The highest BCUT2D eigenvalue weighted by molar-refractivity contribution is 6.31. The molecule has 0 unspecified atom stereocenters. The number of pyridine rings is 4. The molecule has 0 bridgehead atoms. The van der Waals surface area contributed by atoms with Gasteiger partial charge in [0.1, 0.15) is 11.0 Å². The molecule has 8 aromatic rings. The number of nitrogens with one attached hydrogen (secondary N) is 3. The lowest BCUT2D eigenvalue weighted by molar-refractivity contribution is 0.182. The van der Waals surface area contributed by atoms with Crippen LogP contribution in [-0.2, 0) is 25.7 Å². The summed E-state index contributed by atoms with van der Waals surface area (Å²) in [4.78, 5) is 66.1. The van der Waals surface area contributed by atoms with Crippen LogP contribution in [0.1, 0.15) is 70.5 Å². The first-order chi connectivity index (χ1) is 35.7. The Bertz CT molecular complexity index is 3500. The van der Waals surface area contributed by atoms with E-state index >= 15 is 0 Å². The summed E-state index contributed by atoms with van der Waals surface area (Å²) in [6.45, 7) is 2.43. The molecule has 0 atom stereocenters. The van der Waals surface area contributed by atoms with Crippen LogP contribution in [0.5, 0.6) is 5.75 Å². The van der Waals surface area contributed by atoms with E-state index in [9.17, 15) is 14.4 Å². The lowest BCUT2D eigenvalue weighted by Gasteiger charge is -2.30. The van der Waals surface area contributed by atoms with E-state index in [4.69, 9.17) is 33.0 Å². The van der Waals surface area contributed by atoms with Crippen molar-refractivity contribution in [3.05, 3.63) is 210 Å². The number of nitrogens with zero attached hydrogens (tertiary/aromatic N) is 8. The van der Waals surface area contributed by atoms with Crippen molar-refractivity contribution in [3.63, 3.8) is 0 Å². The maximum atomic E-state index is 12.9. The van der Waals surface area contributed by atoms with E-state index in [-0.39, 0.29) is 17.5 Å². The number of aromatic amines is 1. The SMILES string of the molecule is O=C(Nc1cccnc1)N1CCC(=C2c3ccc(Cl)cc3CCc3c(On4nnc5ccccc54)ccnc32)CC1.O=C(Nc1cccnc1)N1CCC(=C2c3ccc(Cl)cc3CCc3c2[nH]ccc3=O)CC1. The fourth-order valence-corrected chi connectivity index (χ4v) is 10.7. The number of hydrogen-bond acceptors (Lipinski definition) is 9. The van der Waals surface area contributed by atoms with Crippen molar-refractivity contribution in [2.45, 2.75) is 51.4 Å². The van der Waals surface area contributed by atoms with Crippen LogP contribution in [0.15, 0.2) is 150 Å². The minimum atomic E-state index is -0.121. The second-order valence-corrected chi connectivity index (χ2v) is 19.1. The van der Waals surface area contributed by atoms with E-state index in [2.05, 4.69) is 48.0 Å². The van der Waals surface area contributed by atoms with Gasteiger partial charge in [0.05, 0.1) is 35.2 Å². The van der Waals surface area contributed by atoms with Crippen LogP contribution in [0.4, 0.5) is 21.0 Å². The number of carbonyl (C=O) groups is 2. The number of likely N-dealkylation sites (tertiary alicyclic amines) is 2. The fraction of sp³-hybridized carbons (Fsp3) is 0.214. The van der Waals surface area contributed by atoms with E-state index in [1.807, 2.05) is 76.5 Å². The van der Waals surface area contributed by atoms with Gasteiger partial charge >= 0.3 is 12.1 Å². The molecular weight excluding hydrogens is 962 g/mol. The number of amides is 4. The quantitative estimate of drug-likeness (QED) is 0.155. The number of hydrogen-bond donors (Lipinski definition) is 3. The molecule has 3 aromatic carbocycles. The highest BCUT2D eigenvalue weighted by Crippen LogP contribution is 2.42. The van der Waals surface area contributed by atoms with Crippen LogP contribution in [0.3, 0.4) is 0 Å². The molecule has 366 valence electrons. The zero-order chi connectivity index (χ0) is 49.8. The first kappa shape index (κ1) is 47.2. The Kier molecular flexibility index (Phi) is 13.5. The predicted octanol–water partition coefficient (Wildman–Crippen LogP) is 10.6. The Morgan fingerprint density at radius 2 is 1.21 bits per heavy atom. The molecule has 0 spiro atoms. The van der Waals surface area contributed by atoms with Crippen molar-refractivity contribution < 1.29 is 14.4 Å². The third kappa shape index (κ3) is 10.1. The maximum Gasteiger partial charge on any atom is 0.321 e. The minimum absolute atomic E-state index is 0.0593. The summed E-state index contributed by atoms with van der Waals surface area (Å²) < 4.78 is 0. The number of halogens is 2. The molecule has 17 heteroatoms. The molecule has 0 radical (unpaired) electrons. The molecule has 15 nitrogen and oxygen atoms in total. The normalized spacial score (nSPS) is 15.2. The lowest BCUT2D eigenvalue weighted by Crippen LogP contribution is -2.39. The van der Waals surface area contributed by atoms with Gasteiger partial charge in [-0.2, -0.15) is 0 Å². The van der Waals surface area contributed by atoms with Crippen molar-refractivity contribution in [1.82, 2.24) is 44.9 Å². The molecule has 5 aromatic heterocycles. The van der Waals surface area contributed by atoms with Crippen molar-refractivity contribution >= 4 is 68.8 Å². The van der Waals surface area contributed by atoms with Gasteiger partial charge in [-0.3, -0.25) is 19.7 Å². The van der Waals surface area contributed by atoms with Gasteiger partial charge in [0.15, 0.2) is 11.2 Å². The van der Waals surface area contributed by atoms with Gasteiger partial charge in [0.2, 0.25) is 0 Å². The van der Waals surface area contributed by atoms with Crippen LogP contribution in [0, 0.1) is 0 Å². The molecule has 0 saturated carbocycles. The number of fused-ring (bicyclic) bond motifs is 5. The number of H-pyrrole nitrogens is 1. The molecular formula is C56H49Cl2N11O4. The lowest BCUT2D eigenvalue weighted by atomic mass is 9.88. The summed E-state index contributed by atoms with van der Waals surface area (Å²) in [5.74, 6) is 0.691. The average Bonchev–Trinajstić information content (AvgIpc) is 3.64. The summed E-state index contributed by atoms with van der Waals surface area (Å²) in [6.07, 6.45) is 16.1. The first-order valence-corrected chi connectivity index (χ1v) is 25.1. The van der Waals surface area contributed by atoms with Gasteiger partial charge in [-0.15, -0.1) is 5.10 Å². The average molecular weight is 1010 g/mol. The van der Waals surface area contributed by atoms with E-state index in [1.165, 1.54) is 21.6 Å². The van der Waals surface area contributed by atoms with Crippen LogP contribution in [0.2, 0.25) is 10.0 Å². The Hall–Kier alpha value is -8.14. The van der Waals surface area contributed by atoms with Gasteiger partial charge in [-0.05, 0) is 139 Å². The smallest absolute Gasteiger partial charge is 0.321 e. The zero-order valence-corrected chi connectivity index (χ0v) is 41.2. The second-order valence-electron chi connectivity index (χ2n) is 18.3. The topological polar surface area (TPSA) is 176 Å². The van der Waals surface area contributed by atoms with Gasteiger partial charge in [0.25, 0.3) is 0 Å². The van der Waals surface area contributed by atoms with E-state index < -0.39 is 0 Å². The summed E-state index contributed by atoms with van der Waals surface area (Å²) in [7, 11) is 0. The number of aryl methyl sites for hydroxylation is 2. The Morgan fingerprint density at radius 1 is 0.616 bits per heavy atom. The van der Waals surface area contributed by atoms with Crippen molar-refractivity contribution in [1.29, 1.82) is 0 Å². The third-order valence-corrected chi connectivity index (χ3v) is 14.3. The maximum absolute atomic E-state index is 12.9. The first-order valence-electron chi connectivity index (χ1n) is 24.4. The van der Waals surface area contributed by atoms with E-state index in [0.29, 0.717) is 59.8 Å². The van der Waals surface area contributed by atoms with Crippen molar-refractivity contribution in [3.8, 4) is 5.75 Å². The number of piperidine rings is 2. The standard InChI is InChI=1S/C31H26ClN7O2.C25H23ClN4O2/c32-22-8-10-24-21(18-22)7-9-25-28(41-39-27-6-2-1-5-26(27)36-37-39)11-15-34-30(25)29(24)20-12-16-38(17-13-20)31(40)35-23-4-3-14-33-19-23;26-18-4-6-20-17(14-18)3-5-21-22(31)7-11-28-24(21)23(20)16-8-12-30(13-9-16)25(32)29-19-2-1-10-27-15-19/h1-6,8,10-11,14-15,18-19H,7,9,12-13,16-17H2,(H,35,40);1-2,4,6-7,10-11,14-15H,3,5,8-9,12-13H2,(H,28,31)(H,29,32). The molecule has 4 aliphatic rings. The fourth-order valence-electron chi connectivity index (χ4n) is 10.3. The monoisotopic (exact) mass is 1010 g/mol. The molecule has 7 heterocycles. The minimum Gasteiger partial charge on any atom is -0.361 e. The molecule has 3 N–H and O–H groups in total. The highest BCUT2D eigenvalue weighted by Gasteiger charge is 2.30. The summed E-state index contributed by atoms with van der Waals surface area (Å²) >= 11 is 12.7. The second kappa shape index (κ2) is 20.9. The van der Waals surface area contributed by atoms with Crippen LogP contribution >= 0.6 is 23.2 Å². The predicted molar refractivity (Wildman–Crippen MR) is 283 cm³/mol. The molecule has 73 heavy (non-hydrogen) atoms. The molecule has 2 aliphatic heterocycles. The van der Waals surface area contributed by atoms with E-state index in [0.717, 1.165) is 106 Å². The Balaban J connectivity index is 0.000000162. The van der Waals surface area contributed by atoms with Crippen LogP contribution in [0.25, 0.3) is 22.2 Å². The molecule has 2 saturated heterocycles. The molecule has 12 rings (SSSR count). The van der Waals surface area contributed by atoms with E-state index in [1.54, 1.807) is 55.4 Å². The van der Waals surface area contributed by atoms with Gasteiger partial charge in [0, 0.05) is 95.4 Å². The third-order valence-electron chi connectivity index (χ3n) is 13.9. The number of para-hydroxylation sites is 1. The number of benzene rings is 3. The van der Waals surface area contributed by atoms with Gasteiger partial charge in [-0.1, -0.05) is 63.5 Å². The summed E-state index contributed by atoms with van der Waals surface area (Å²) in [5, 5.41) is 15.7. The molecule has 2 aliphatic carbocycles. The number of aromatic nitrogens is 7. The molecule has 2 fully saturated rings. The van der Waals surface area contributed by atoms with Crippen LogP contribution in [-0.4, -0.2) is 83.1 Å². The number of carbonyl (C=O) groups excluding carboxylic acids is 2. The van der Waals surface area contributed by atoms with Crippen molar-refractivity contribution in [2.24, 2.45) is 0 Å². The van der Waals surface area contributed by atoms with Crippen molar-refractivity contribution in [2.75, 3.05) is 36.8 Å². The largest absolute Gasteiger partial charge is 0.361 e. The molecule has 4 amide bonds.